The van der Waals surface area contributed by atoms with Crippen LogP contribution in [0.5, 0.6) is 5.75 Å². The minimum Gasteiger partial charge on any atom is -0.482 e. The largest absolute Gasteiger partial charge is 0.482 e. The summed E-state index contributed by atoms with van der Waals surface area (Å²) in [6.45, 7) is 6.62. The number of aryl methyl sites for hydroxylation is 1. The van der Waals surface area contributed by atoms with E-state index in [0.717, 1.165) is 22.3 Å². The smallest absolute Gasteiger partial charge is 0.191 e. The molecule has 2 aromatic carbocycles. The van der Waals surface area contributed by atoms with Crippen molar-refractivity contribution < 1.29 is 9.13 Å². The van der Waals surface area contributed by atoms with Gasteiger partial charge >= 0.3 is 0 Å². The predicted molar refractivity (Wildman–Crippen MR) is 107 cm³/mol. The van der Waals surface area contributed by atoms with Crippen molar-refractivity contribution in [2.24, 2.45) is 0 Å². The average molecular weight is 406 g/mol. The Morgan fingerprint density at radius 2 is 2.00 bits per heavy atom. The zero-order chi connectivity index (χ0) is 19.4. The van der Waals surface area contributed by atoms with Gasteiger partial charge in [0.15, 0.2) is 17.1 Å². The van der Waals surface area contributed by atoms with E-state index in [1.165, 1.54) is 17.8 Å². The fraction of sp³-hybridized carbons (Fsp3) is 0.300. The number of rotatable bonds is 7. The second-order valence-corrected chi connectivity index (χ2v) is 7.51. The third-order valence-corrected chi connectivity index (χ3v) is 5.43. The maximum absolute atomic E-state index is 13.8. The molecule has 142 valence electrons. The Balaban J connectivity index is 1.75. The maximum atomic E-state index is 13.8. The van der Waals surface area contributed by atoms with Crippen LogP contribution in [0.4, 0.5) is 4.39 Å². The summed E-state index contributed by atoms with van der Waals surface area (Å²) >= 11 is 7.47. The Bertz CT molecular complexity index is 931. The van der Waals surface area contributed by atoms with Crippen LogP contribution < -0.4 is 4.74 Å². The Hall–Kier alpha value is -2.05. The van der Waals surface area contributed by atoms with Gasteiger partial charge < -0.3 is 9.30 Å². The second-order valence-electron chi connectivity index (χ2n) is 6.14. The predicted octanol–water partition coefficient (Wildman–Crippen LogP) is 5.83. The summed E-state index contributed by atoms with van der Waals surface area (Å²) < 4.78 is 21.9. The van der Waals surface area contributed by atoms with Gasteiger partial charge in [-0.3, -0.25) is 0 Å². The molecule has 1 aromatic heterocycles. The lowest BCUT2D eigenvalue weighted by Gasteiger charge is -2.17. The van der Waals surface area contributed by atoms with E-state index < -0.39 is 0 Å². The number of nitrogens with zero attached hydrogens (tertiary/aromatic N) is 3. The number of hydrogen-bond acceptors (Lipinski definition) is 4. The van der Waals surface area contributed by atoms with Crippen molar-refractivity contribution in [1.29, 1.82) is 0 Å². The molecule has 4 nitrogen and oxygen atoms in total. The van der Waals surface area contributed by atoms with Crippen LogP contribution in [0.25, 0.3) is 0 Å². The van der Waals surface area contributed by atoms with Crippen molar-refractivity contribution >= 4 is 23.4 Å². The van der Waals surface area contributed by atoms with Crippen molar-refractivity contribution in [3.8, 4) is 5.75 Å². The first-order valence-corrected chi connectivity index (χ1v) is 10.1. The van der Waals surface area contributed by atoms with Crippen molar-refractivity contribution in [3.63, 3.8) is 0 Å². The third-order valence-electron chi connectivity index (χ3n) is 4.18. The Labute approximate surface area is 167 Å². The van der Waals surface area contributed by atoms with E-state index >= 15 is 0 Å². The Morgan fingerprint density at radius 1 is 1.22 bits per heavy atom. The zero-order valence-corrected chi connectivity index (χ0v) is 17.0. The van der Waals surface area contributed by atoms with Gasteiger partial charge in [-0.05, 0) is 56.2 Å². The lowest BCUT2D eigenvalue weighted by Crippen LogP contribution is -2.12. The van der Waals surface area contributed by atoms with Crippen LogP contribution in [-0.2, 0) is 12.3 Å². The summed E-state index contributed by atoms with van der Waals surface area (Å²) in [7, 11) is 0. The highest BCUT2D eigenvalue weighted by atomic mass is 35.5. The monoisotopic (exact) mass is 405 g/mol. The van der Waals surface area contributed by atoms with E-state index in [-0.39, 0.29) is 11.9 Å². The molecule has 0 aliphatic heterocycles. The van der Waals surface area contributed by atoms with Crippen LogP contribution >= 0.6 is 23.4 Å². The van der Waals surface area contributed by atoms with Gasteiger partial charge in [0.1, 0.15) is 11.6 Å². The SMILES string of the molecule is CCn1c(SCc2ccccc2F)nnc1C(C)Oc1ccc(Cl)cc1C. The van der Waals surface area contributed by atoms with Crippen LogP contribution in [0.2, 0.25) is 5.02 Å². The van der Waals surface area contributed by atoms with E-state index in [2.05, 4.69) is 10.2 Å². The molecule has 0 aliphatic rings. The lowest BCUT2D eigenvalue weighted by molar-refractivity contribution is 0.208. The van der Waals surface area contributed by atoms with E-state index in [4.69, 9.17) is 16.3 Å². The normalized spacial score (nSPS) is 12.2. The molecule has 0 saturated carbocycles. The number of ether oxygens (including phenoxy) is 1. The topological polar surface area (TPSA) is 39.9 Å². The molecule has 0 fully saturated rings. The van der Waals surface area contributed by atoms with Gasteiger partial charge in [0.25, 0.3) is 0 Å². The maximum Gasteiger partial charge on any atom is 0.191 e. The number of hydrogen-bond donors (Lipinski definition) is 0. The van der Waals surface area contributed by atoms with Gasteiger partial charge in [-0.1, -0.05) is 41.6 Å². The van der Waals surface area contributed by atoms with E-state index in [0.29, 0.717) is 22.9 Å². The van der Waals surface area contributed by atoms with Crippen molar-refractivity contribution in [3.05, 3.63) is 70.3 Å². The minimum absolute atomic E-state index is 0.206. The fourth-order valence-corrected chi connectivity index (χ4v) is 3.97. The van der Waals surface area contributed by atoms with Gasteiger partial charge in [0.2, 0.25) is 0 Å². The molecule has 0 saturated heterocycles. The highest BCUT2D eigenvalue weighted by Gasteiger charge is 2.19. The summed E-state index contributed by atoms with van der Waals surface area (Å²) in [5, 5.41) is 10.0. The molecular formula is C20H21ClFN3OS. The van der Waals surface area contributed by atoms with Crippen LogP contribution in [-0.4, -0.2) is 14.8 Å². The standard InChI is InChI=1S/C20H21ClFN3OS/c1-4-25-19(14(3)26-18-10-9-16(21)11-13(18)2)23-24-20(25)27-12-15-7-5-6-8-17(15)22/h5-11,14H,4,12H2,1-3H3. The highest BCUT2D eigenvalue weighted by Crippen LogP contribution is 2.29. The lowest BCUT2D eigenvalue weighted by atomic mass is 10.2. The molecule has 0 spiro atoms. The Morgan fingerprint density at radius 3 is 2.70 bits per heavy atom. The van der Waals surface area contributed by atoms with Gasteiger partial charge in [-0.2, -0.15) is 0 Å². The molecule has 1 heterocycles. The first kappa shape index (κ1) is 19.7. The molecule has 0 bridgehead atoms. The van der Waals surface area contributed by atoms with Crippen molar-refractivity contribution in [2.45, 2.75) is 44.3 Å². The molecule has 1 unspecified atom stereocenters. The summed E-state index contributed by atoms with van der Waals surface area (Å²) in [4.78, 5) is 0. The quantitative estimate of drug-likeness (QED) is 0.463. The van der Waals surface area contributed by atoms with Crippen LogP contribution in [0.3, 0.4) is 0 Å². The van der Waals surface area contributed by atoms with Crippen LogP contribution in [0, 0.1) is 12.7 Å². The van der Waals surface area contributed by atoms with Crippen LogP contribution in [0.15, 0.2) is 47.6 Å². The number of aromatic nitrogens is 3. The van der Waals surface area contributed by atoms with E-state index in [1.54, 1.807) is 18.2 Å². The van der Waals surface area contributed by atoms with Gasteiger partial charge in [-0.15, -0.1) is 10.2 Å². The molecule has 3 aromatic rings. The number of thioether (sulfide) groups is 1. The highest BCUT2D eigenvalue weighted by molar-refractivity contribution is 7.98. The van der Waals surface area contributed by atoms with Crippen molar-refractivity contribution in [1.82, 2.24) is 14.8 Å². The van der Waals surface area contributed by atoms with E-state index in [9.17, 15) is 4.39 Å². The molecule has 7 heteroatoms. The molecule has 0 radical (unpaired) electrons. The summed E-state index contributed by atoms with van der Waals surface area (Å²) in [5.41, 5.74) is 1.61. The average Bonchev–Trinajstić information content (AvgIpc) is 3.06. The van der Waals surface area contributed by atoms with Gasteiger partial charge in [-0.25, -0.2) is 4.39 Å². The zero-order valence-electron chi connectivity index (χ0n) is 15.4. The second kappa shape index (κ2) is 8.76. The molecule has 3 rings (SSSR count). The fourth-order valence-electron chi connectivity index (χ4n) is 2.75. The Kier molecular flexibility index (Phi) is 6.39. The number of halogens is 2. The molecular weight excluding hydrogens is 385 g/mol. The van der Waals surface area contributed by atoms with Crippen molar-refractivity contribution in [2.75, 3.05) is 0 Å². The minimum atomic E-state index is -0.278. The third kappa shape index (κ3) is 4.62. The first-order valence-electron chi connectivity index (χ1n) is 8.71. The molecule has 0 aliphatic carbocycles. The molecule has 0 amide bonds. The van der Waals surface area contributed by atoms with Gasteiger partial charge in [0.05, 0.1) is 0 Å². The summed E-state index contributed by atoms with van der Waals surface area (Å²) in [5.74, 6) is 1.79. The first-order chi connectivity index (χ1) is 13.0. The summed E-state index contributed by atoms with van der Waals surface area (Å²) in [6.07, 6.45) is -0.278. The number of benzene rings is 2. The molecule has 0 N–H and O–H groups in total. The van der Waals surface area contributed by atoms with E-state index in [1.807, 2.05) is 43.5 Å². The van der Waals surface area contributed by atoms with Crippen LogP contribution in [0.1, 0.15) is 36.9 Å². The summed E-state index contributed by atoms with van der Waals surface area (Å²) in [6, 6.07) is 12.3. The van der Waals surface area contributed by atoms with Gasteiger partial charge in [0, 0.05) is 17.3 Å². The molecule has 1 atom stereocenters. The molecule has 27 heavy (non-hydrogen) atoms.